The number of hydrogen-bond donors (Lipinski definition) is 2. The Morgan fingerprint density at radius 2 is 2.00 bits per heavy atom. The number of nitrogens with one attached hydrogen (secondary N) is 1. The minimum absolute atomic E-state index is 0.0381. The zero-order chi connectivity index (χ0) is 17.7. The Labute approximate surface area is 132 Å². The van der Waals surface area contributed by atoms with Gasteiger partial charge in [-0.15, -0.1) is 0 Å². The van der Waals surface area contributed by atoms with Gasteiger partial charge in [0.15, 0.2) is 0 Å². The number of benzene rings is 1. The Balaban J connectivity index is 2.27. The van der Waals surface area contributed by atoms with Gasteiger partial charge in [-0.05, 0) is 0 Å². The maximum absolute atomic E-state index is 11.7. The number of carbonyl (C=O) groups excluding carboxylic acids is 1. The second-order valence-electron chi connectivity index (χ2n) is 4.21. The van der Waals surface area contributed by atoms with Crippen LogP contribution < -0.4 is 5.43 Å². The first-order chi connectivity index (χ1) is 11.4. The van der Waals surface area contributed by atoms with E-state index in [9.17, 15) is 30.1 Å². The summed E-state index contributed by atoms with van der Waals surface area (Å²) >= 11 is 0. The van der Waals surface area contributed by atoms with Crippen LogP contribution in [0.3, 0.4) is 0 Å². The van der Waals surface area contributed by atoms with Crippen LogP contribution in [0.4, 0.5) is 11.4 Å². The van der Waals surface area contributed by atoms with Gasteiger partial charge in [-0.1, -0.05) is 0 Å². The van der Waals surface area contributed by atoms with E-state index in [4.69, 9.17) is 0 Å². The molecule has 2 N–H and O–H groups in total. The highest BCUT2D eigenvalue weighted by atomic mass is 16.6. The first-order valence-electron chi connectivity index (χ1n) is 6.15. The van der Waals surface area contributed by atoms with Crippen LogP contribution in [0.2, 0.25) is 0 Å². The van der Waals surface area contributed by atoms with Crippen LogP contribution in [0, 0.1) is 20.2 Å². The fourth-order valence-electron chi connectivity index (χ4n) is 1.60. The van der Waals surface area contributed by atoms with Crippen LogP contribution in [0.25, 0.3) is 0 Å². The summed E-state index contributed by atoms with van der Waals surface area (Å²) in [5.41, 5.74) is 0.236. The molecular formula is C12H8N6O6. The summed E-state index contributed by atoms with van der Waals surface area (Å²) in [7, 11) is 0. The number of aromatic hydroxyl groups is 1. The largest absolute Gasteiger partial charge is 0.502 e. The Bertz CT molecular complexity index is 837. The molecule has 12 nitrogen and oxygen atoms in total. The van der Waals surface area contributed by atoms with Crippen molar-refractivity contribution < 1.29 is 19.7 Å². The van der Waals surface area contributed by atoms with Crippen LogP contribution in [-0.4, -0.2) is 37.0 Å². The number of phenolic OH excluding ortho intramolecular Hbond substituents is 1. The molecule has 0 fully saturated rings. The second-order valence-corrected chi connectivity index (χ2v) is 4.21. The zero-order valence-corrected chi connectivity index (χ0v) is 11.7. The van der Waals surface area contributed by atoms with Crippen molar-refractivity contribution in [3.63, 3.8) is 0 Å². The van der Waals surface area contributed by atoms with E-state index >= 15 is 0 Å². The third-order valence-corrected chi connectivity index (χ3v) is 2.68. The summed E-state index contributed by atoms with van der Waals surface area (Å²) in [5, 5.41) is 34.8. The van der Waals surface area contributed by atoms with Gasteiger partial charge in [0, 0.05) is 18.5 Å². The maximum atomic E-state index is 11.7. The molecule has 0 spiro atoms. The van der Waals surface area contributed by atoms with E-state index in [1.165, 1.54) is 18.6 Å². The van der Waals surface area contributed by atoms with Crippen LogP contribution in [0.1, 0.15) is 16.1 Å². The van der Waals surface area contributed by atoms with Gasteiger partial charge >= 0.3 is 5.69 Å². The van der Waals surface area contributed by atoms with Crippen LogP contribution >= 0.6 is 0 Å². The van der Waals surface area contributed by atoms with Gasteiger partial charge in [-0.25, -0.2) is 10.4 Å². The Hall–Kier alpha value is -3.96. The van der Waals surface area contributed by atoms with Crippen molar-refractivity contribution in [2.45, 2.75) is 0 Å². The molecule has 24 heavy (non-hydrogen) atoms. The van der Waals surface area contributed by atoms with E-state index in [1.54, 1.807) is 0 Å². The van der Waals surface area contributed by atoms with Gasteiger partial charge in [0.1, 0.15) is 5.69 Å². The van der Waals surface area contributed by atoms with Gasteiger partial charge in [0.25, 0.3) is 11.6 Å². The smallest absolute Gasteiger partial charge is 0.318 e. The lowest BCUT2D eigenvalue weighted by atomic mass is 10.1. The number of amides is 1. The molecule has 1 aromatic carbocycles. The molecule has 0 bridgehead atoms. The number of nitro benzene ring substituents is 2. The third-order valence-electron chi connectivity index (χ3n) is 2.68. The van der Waals surface area contributed by atoms with Crippen LogP contribution in [0.5, 0.6) is 5.75 Å². The number of hydrazone groups is 1. The molecule has 0 saturated heterocycles. The normalized spacial score (nSPS) is 10.5. The molecule has 0 aliphatic heterocycles. The van der Waals surface area contributed by atoms with Crippen LogP contribution in [0.15, 0.2) is 35.8 Å². The van der Waals surface area contributed by atoms with Crippen molar-refractivity contribution in [3.8, 4) is 5.75 Å². The number of non-ortho nitro benzene ring substituents is 1. The lowest BCUT2D eigenvalue weighted by Gasteiger charge is -2.01. The fraction of sp³-hybridized carbons (Fsp3) is 0. The number of nitro groups is 2. The highest BCUT2D eigenvalue weighted by molar-refractivity contribution is 5.93. The molecule has 2 rings (SSSR count). The standard InChI is InChI=1S/C12H8N6O6/c19-11-7(3-8(17(21)22)4-10(11)18(23)24)5-15-16-12(20)9-6-13-1-2-14-9/h1-6,19H,(H,16,20)/b15-5+. The number of carbonyl (C=O) groups is 1. The molecule has 2 aromatic rings. The van der Waals surface area contributed by atoms with Gasteiger partial charge in [0.05, 0.1) is 33.9 Å². The monoisotopic (exact) mass is 332 g/mol. The summed E-state index contributed by atoms with van der Waals surface area (Å²) in [6.07, 6.45) is 4.67. The maximum Gasteiger partial charge on any atom is 0.318 e. The topological polar surface area (TPSA) is 174 Å². The molecule has 12 heteroatoms. The van der Waals surface area contributed by atoms with Crippen molar-refractivity contribution >= 4 is 23.5 Å². The molecule has 1 amide bonds. The van der Waals surface area contributed by atoms with E-state index < -0.39 is 32.9 Å². The van der Waals surface area contributed by atoms with Crippen LogP contribution in [-0.2, 0) is 0 Å². The van der Waals surface area contributed by atoms with Gasteiger partial charge < -0.3 is 5.11 Å². The number of aromatic nitrogens is 2. The molecule has 122 valence electrons. The molecule has 0 radical (unpaired) electrons. The van der Waals surface area contributed by atoms with Crippen molar-refractivity contribution in [1.82, 2.24) is 15.4 Å². The summed E-state index contributed by atoms with van der Waals surface area (Å²) in [6, 6.07) is 1.49. The third kappa shape index (κ3) is 3.62. The average molecular weight is 332 g/mol. The van der Waals surface area contributed by atoms with E-state index in [2.05, 4.69) is 15.1 Å². The average Bonchev–Trinajstić information content (AvgIpc) is 2.56. The number of hydrogen-bond acceptors (Lipinski definition) is 9. The lowest BCUT2D eigenvalue weighted by molar-refractivity contribution is -0.394. The molecule has 0 aliphatic rings. The van der Waals surface area contributed by atoms with Gasteiger partial charge in [-0.3, -0.25) is 30.0 Å². The number of rotatable bonds is 5. The number of phenols is 1. The quantitative estimate of drug-likeness (QED) is 0.458. The summed E-state index contributed by atoms with van der Waals surface area (Å²) < 4.78 is 0. The predicted molar refractivity (Wildman–Crippen MR) is 78.5 cm³/mol. The van der Waals surface area contributed by atoms with E-state index in [0.717, 1.165) is 12.3 Å². The summed E-state index contributed by atoms with van der Waals surface area (Å²) in [6.45, 7) is 0. The molecule has 1 heterocycles. The molecule has 0 unspecified atom stereocenters. The van der Waals surface area contributed by atoms with E-state index in [0.29, 0.717) is 6.07 Å². The van der Waals surface area contributed by atoms with Crippen molar-refractivity contribution in [2.24, 2.45) is 5.10 Å². The molecule has 0 saturated carbocycles. The van der Waals surface area contributed by atoms with Crippen molar-refractivity contribution in [3.05, 3.63) is 62.2 Å². The zero-order valence-electron chi connectivity index (χ0n) is 11.7. The lowest BCUT2D eigenvalue weighted by Crippen LogP contribution is -2.19. The minimum Gasteiger partial charge on any atom is -0.502 e. The summed E-state index contributed by atoms with van der Waals surface area (Å²) in [5.74, 6) is -1.54. The molecule has 1 aromatic heterocycles. The first-order valence-corrected chi connectivity index (χ1v) is 6.15. The summed E-state index contributed by atoms with van der Waals surface area (Å²) in [4.78, 5) is 38.8. The van der Waals surface area contributed by atoms with Gasteiger partial charge in [-0.2, -0.15) is 5.10 Å². The molecular weight excluding hydrogens is 324 g/mol. The van der Waals surface area contributed by atoms with Gasteiger partial charge in [0.2, 0.25) is 5.75 Å². The highest BCUT2D eigenvalue weighted by Crippen LogP contribution is 2.33. The molecule has 0 aliphatic carbocycles. The fourth-order valence-corrected chi connectivity index (χ4v) is 1.60. The first kappa shape index (κ1) is 16.4. The van der Waals surface area contributed by atoms with Crippen molar-refractivity contribution in [2.75, 3.05) is 0 Å². The minimum atomic E-state index is -0.974. The predicted octanol–water partition coefficient (Wildman–Crippen LogP) is 0.762. The van der Waals surface area contributed by atoms with Crippen molar-refractivity contribution in [1.29, 1.82) is 0 Å². The van der Waals surface area contributed by atoms with E-state index in [1.807, 2.05) is 5.43 Å². The molecule has 0 atom stereocenters. The number of nitrogens with zero attached hydrogens (tertiary/aromatic N) is 5. The Morgan fingerprint density at radius 3 is 2.58 bits per heavy atom. The Kier molecular flexibility index (Phi) is 4.70. The second kappa shape index (κ2) is 6.87. The SMILES string of the molecule is O=C(N/N=C/c1cc([N+](=O)[O-])cc([N+](=O)[O-])c1O)c1cnccn1. The Morgan fingerprint density at radius 1 is 1.25 bits per heavy atom. The van der Waals surface area contributed by atoms with E-state index in [-0.39, 0.29) is 11.3 Å². The highest BCUT2D eigenvalue weighted by Gasteiger charge is 2.23.